The Morgan fingerprint density at radius 1 is 0.789 bits per heavy atom. The van der Waals surface area contributed by atoms with Crippen molar-refractivity contribution >= 4 is 10.8 Å². The Balaban J connectivity index is 0.00000108. The van der Waals surface area contributed by atoms with Crippen LogP contribution in [0.3, 0.4) is 0 Å². The number of aryl methyl sites for hydroxylation is 1. The Morgan fingerprint density at radius 2 is 1.47 bits per heavy atom. The number of hydrogen-bond donors (Lipinski definition) is 0. The fraction of sp³-hybridized carbons (Fsp3) is 0.0625. The van der Waals surface area contributed by atoms with Crippen LogP contribution in [0.2, 0.25) is 0 Å². The maximum Gasteiger partial charge on any atom is 0 e. The molecule has 3 aromatic rings. The largest absolute Gasteiger partial charge is 1.00 e. The van der Waals surface area contributed by atoms with Crippen molar-refractivity contribution in [3.05, 3.63) is 66.2 Å². The van der Waals surface area contributed by atoms with Crippen molar-refractivity contribution in [2.75, 3.05) is 0 Å². The van der Waals surface area contributed by atoms with Gasteiger partial charge < -0.3 is 24.8 Å². The van der Waals surface area contributed by atoms with Gasteiger partial charge in [0.25, 0.3) is 0 Å². The summed E-state index contributed by atoms with van der Waals surface area (Å²) >= 11 is 0. The van der Waals surface area contributed by atoms with Crippen LogP contribution in [0.1, 0.15) is 5.56 Å². The monoisotopic (exact) mass is 455 g/mol. The molecular formula is C16H13Cl2Hf-3. The Labute approximate surface area is 145 Å². The Kier molecular flexibility index (Phi) is 7.73. The van der Waals surface area contributed by atoms with Crippen LogP contribution in [-0.4, -0.2) is 0 Å². The molecule has 0 saturated carbocycles. The summed E-state index contributed by atoms with van der Waals surface area (Å²) in [7, 11) is 0. The first kappa shape index (κ1) is 18.5. The third-order valence-corrected chi connectivity index (χ3v) is 2.96. The van der Waals surface area contributed by atoms with Crippen LogP contribution in [0.15, 0.2) is 60.7 Å². The normalized spacial score (nSPS) is 9.11. The molecule has 0 aliphatic rings. The molecular weight excluding hydrogens is 442 g/mol. The van der Waals surface area contributed by atoms with E-state index >= 15 is 0 Å². The molecule has 0 aromatic heterocycles. The van der Waals surface area contributed by atoms with Crippen molar-refractivity contribution in [1.82, 2.24) is 0 Å². The first-order chi connectivity index (χ1) is 7.83. The zero-order chi connectivity index (χ0) is 11.0. The van der Waals surface area contributed by atoms with Gasteiger partial charge in [-0.2, -0.15) is 6.07 Å². The summed E-state index contributed by atoms with van der Waals surface area (Å²) in [5.74, 6) is 0. The number of hydrogen-bond acceptors (Lipinski definition) is 0. The molecule has 0 amide bonds. The fourth-order valence-corrected chi connectivity index (χ4v) is 2.17. The maximum absolute atomic E-state index is 2.26. The SMILES string of the molecule is Cc1cc2cc(-c3ccccc3)ccc2[cH-]1.[Cl-].[Cl-].[Hf]. The van der Waals surface area contributed by atoms with E-state index in [1.54, 1.807) is 0 Å². The van der Waals surface area contributed by atoms with Crippen molar-refractivity contribution in [2.45, 2.75) is 6.92 Å². The summed E-state index contributed by atoms with van der Waals surface area (Å²) in [5.41, 5.74) is 3.90. The molecule has 0 saturated heterocycles. The quantitative estimate of drug-likeness (QED) is 0.312. The molecule has 0 radical (unpaired) electrons. The molecule has 3 heteroatoms. The van der Waals surface area contributed by atoms with E-state index in [1.807, 2.05) is 0 Å². The van der Waals surface area contributed by atoms with Crippen LogP contribution in [0.4, 0.5) is 0 Å². The second-order valence-electron chi connectivity index (χ2n) is 4.24. The molecule has 19 heavy (non-hydrogen) atoms. The van der Waals surface area contributed by atoms with Gasteiger partial charge >= 0.3 is 0 Å². The van der Waals surface area contributed by atoms with E-state index < -0.39 is 0 Å². The third-order valence-electron chi connectivity index (χ3n) is 2.96. The van der Waals surface area contributed by atoms with Crippen LogP contribution in [0, 0.1) is 6.92 Å². The van der Waals surface area contributed by atoms with E-state index in [-0.39, 0.29) is 50.7 Å². The molecule has 0 unspecified atom stereocenters. The fourth-order valence-electron chi connectivity index (χ4n) is 2.17. The van der Waals surface area contributed by atoms with Crippen LogP contribution < -0.4 is 24.8 Å². The van der Waals surface area contributed by atoms with E-state index in [1.165, 1.54) is 27.5 Å². The number of halogens is 2. The van der Waals surface area contributed by atoms with Gasteiger partial charge in [-0.3, -0.25) is 0 Å². The number of rotatable bonds is 1. The molecule has 0 N–H and O–H groups in total. The van der Waals surface area contributed by atoms with Gasteiger partial charge in [-0.1, -0.05) is 49.4 Å². The average Bonchev–Trinajstić information content (AvgIpc) is 2.69. The predicted molar refractivity (Wildman–Crippen MR) is 69.7 cm³/mol. The second kappa shape index (κ2) is 7.94. The summed E-state index contributed by atoms with van der Waals surface area (Å²) < 4.78 is 0. The third kappa shape index (κ3) is 3.98. The Morgan fingerprint density at radius 3 is 2.16 bits per heavy atom. The van der Waals surface area contributed by atoms with E-state index in [4.69, 9.17) is 0 Å². The number of benzene rings is 2. The summed E-state index contributed by atoms with van der Waals surface area (Å²) in [6, 6.07) is 21.6. The molecule has 0 spiro atoms. The molecule has 0 aliphatic heterocycles. The molecule has 0 nitrogen and oxygen atoms in total. The van der Waals surface area contributed by atoms with Crippen LogP contribution in [0.25, 0.3) is 21.9 Å². The van der Waals surface area contributed by atoms with Crippen LogP contribution in [0.5, 0.6) is 0 Å². The molecule has 0 aliphatic carbocycles. The van der Waals surface area contributed by atoms with Gasteiger partial charge in [-0.05, 0) is 11.1 Å². The van der Waals surface area contributed by atoms with Gasteiger partial charge in [0, 0.05) is 25.8 Å². The Hall–Kier alpha value is -0.500. The van der Waals surface area contributed by atoms with Crippen molar-refractivity contribution in [3.63, 3.8) is 0 Å². The molecule has 0 fully saturated rings. The Bertz CT molecular complexity index is 630. The van der Waals surface area contributed by atoms with E-state index in [2.05, 4.69) is 67.6 Å². The molecule has 0 bridgehead atoms. The van der Waals surface area contributed by atoms with Crippen LogP contribution in [-0.2, 0) is 25.8 Å². The molecule has 0 heterocycles. The van der Waals surface area contributed by atoms with Gasteiger partial charge in [-0.15, -0.1) is 28.5 Å². The second-order valence-corrected chi connectivity index (χ2v) is 4.24. The summed E-state index contributed by atoms with van der Waals surface area (Å²) in [6.45, 7) is 2.14. The minimum absolute atomic E-state index is 0. The van der Waals surface area contributed by atoms with E-state index in [0.29, 0.717) is 0 Å². The van der Waals surface area contributed by atoms with Gasteiger partial charge in [0.05, 0.1) is 0 Å². The zero-order valence-electron chi connectivity index (χ0n) is 10.5. The van der Waals surface area contributed by atoms with E-state index in [0.717, 1.165) is 0 Å². The summed E-state index contributed by atoms with van der Waals surface area (Å²) in [6.07, 6.45) is 0. The first-order valence-electron chi connectivity index (χ1n) is 5.55. The van der Waals surface area contributed by atoms with Crippen molar-refractivity contribution < 1.29 is 50.7 Å². The summed E-state index contributed by atoms with van der Waals surface area (Å²) in [4.78, 5) is 0. The van der Waals surface area contributed by atoms with Gasteiger partial charge in [-0.25, -0.2) is 0 Å². The van der Waals surface area contributed by atoms with Crippen molar-refractivity contribution in [1.29, 1.82) is 0 Å². The zero-order valence-corrected chi connectivity index (χ0v) is 15.6. The average molecular weight is 455 g/mol. The number of fused-ring (bicyclic) bond motifs is 1. The van der Waals surface area contributed by atoms with Crippen molar-refractivity contribution in [3.8, 4) is 11.1 Å². The molecule has 3 rings (SSSR count). The minimum Gasteiger partial charge on any atom is -1.00 e. The summed E-state index contributed by atoms with van der Waals surface area (Å²) in [5, 5.41) is 2.66. The van der Waals surface area contributed by atoms with E-state index in [9.17, 15) is 0 Å². The van der Waals surface area contributed by atoms with Gasteiger partial charge in [0.1, 0.15) is 0 Å². The predicted octanol–water partition coefficient (Wildman–Crippen LogP) is -1.46. The smallest absolute Gasteiger partial charge is 0 e. The van der Waals surface area contributed by atoms with Crippen molar-refractivity contribution in [2.24, 2.45) is 0 Å². The van der Waals surface area contributed by atoms with Gasteiger partial charge in [0.2, 0.25) is 0 Å². The standard InChI is InChI=1S/C16H13.2ClH.Hf/c1-12-9-14-7-8-15(11-16(14)10-12)13-5-3-2-4-6-13;;;/h2-11H,1H3;2*1H;/q-1;;;/p-2. The topological polar surface area (TPSA) is 0 Å². The molecule has 3 aromatic carbocycles. The molecule has 98 valence electrons. The molecule has 0 atom stereocenters. The van der Waals surface area contributed by atoms with Gasteiger partial charge in [0.15, 0.2) is 0 Å². The minimum atomic E-state index is 0. The maximum atomic E-state index is 2.26. The first-order valence-corrected chi connectivity index (χ1v) is 5.55. The van der Waals surface area contributed by atoms with Crippen LogP contribution >= 0.6 is 0 Å².